The van der Waals surface area contributed by atoms with Crippen LogP contribution in [0.4, 0.5) is 10.5 Å². The number of hydrogen-bond acceptors (Lipinski definition) is 4. The summed E-state index contributed by atoms with van der Waals surface area (Å²) in [5.74, 6) is 0.744. The molecule has 1 saturated carbocycles. The molecule has 0 bridgehead atoms. The molecular weight excluding hydrogens is 272 g/mol. The van der Waals surface area contributed by atoms with Gasteiger partial charge in [0.25, 0.3) is 5.91 Å². The van der Waals surface area contributed by atoms with Gasteiger partial charge in [-0.1, -0.05) is 19.3 Å². The number of carbonyl (C=O) groups is 2. The summed E-state index contributed by atoms with van der Waals surface area (Å²) in [6, 6.07) is 5.12. The molecule has 1 aliphatic heterocycles. The van der Waals surface area contributed by atoms with E-state index in [1.807, 2.05) is 0 Å². The summed E-state index contributed by atoms with van der Waals surface area (Å²) in [6.45, 7) is 0.00930. The highest BCUT2D eigenvalue weighted by molar-refractivity contribution is 5.95. The van der Waals surface area contributed by atoms with Crippen molar-refractivity contribution in [3.63, 3.8) is 0 Å². The van der Waals surface area contributed by atoms with Crippen molar-refractivity contribution in [2.24, 2.45) is 0 Å². The Hall–Kier alpha value is -2.24. The molecule has 2 amide bonds. The molecule has 0 unspecified atom stereocenters. The maximum Gasteiger partial charge on any atom is 0.412 e. The van der Waals surface area contributed by atoms with Crippen molar-refractivity contribution in [2.45, 2.75) is 38.1 Å². The highest BCUT2D eigenvalue weighted by atomic mass is 16.6. The Morgan fingerprint density at radius 1 is 1.29 bits per heavy atom. The van der Waals surface area contributed by atoms with Gasteiger partial charge in [-0.3, -0.25) is 4.79 Å². The first kappa shape index (κ1) is 13.7. The van der Waals surface area contributed by atoms with Crippen molar-refractivity contribution >= 4 is 17.7 Å². The zero-order valence-corrected chi connectivity index (χ0v) is 11.7. The molecule has 1 aromatic carbocycles. The van der Waals surface area contributed by atoms with Gasteiger partial charge in [-0.15, -0.1) is 0 Å². The van der Waals surface area contributed by atoms with Gasteiger partial charge in [-0.25, -0.2) is 4.79 Å². The van der Waals surface area contributed by atoms with E-state index in [-0.39, 0.29) is 18.6 Å². The standard InChI is InChI=1S/C15H18N2O4/c18-14-9-20-13-7-6-11(8-12(13)17-14)21-15(19)16-10-4-2-1-3-5-10/h6-8,10H,1-5,9H2,(H,16,19)(H,17,18). The van der Waals surface area contributed by atoms with E-state index in [0.717, 1.165) is 25.7 Å². The van der Waals surface area contributed by atoms with Crippen LogP contribution in [0.1, 0.15) is 32.1 Å². The second kappa shape index (κ2) is 6.03. The van der Waals surface area contributed by atoms with Crippen LogP contribution in [0.2, 0.25) is 0 Å². The number of amides is 2. The molecule has 0 saturated heterocycles. The van der Waals surface area contributed by atoms with Crippen LogP contribution < -0.4 is 20.1 Å². The van der Waals surface area contributed by atoms with Crippen LogP contribution in [-0.2, 0) is 4.79 Å². The molecule has 0 aromatic heterocycles. The van der Waals surface area contributed by atoms with E-state index in [2.05, 4.69) is 10.6 Å². The Morgan fingerprint density at radius 3 is 2.90 bits per heavy atom. The Bertz CT molecular complexity index is 553. The van der Waals surface area contributed by atoms with E-state index in [1.54, 1.807) is 18.2 Å². The topological polar surface area (TPSA) is 76.7 Å². The second-order valence-corrected chi connectivity index (χ2v) is 5.36. The van der Waals surface area contributed by atoms with Gasteiger partial charge in [0.2, 0.25) is 0 Å². The first-order valence-corrected chi connectivity index (χ1v) is 7.26. The van der Waals surface area contributed by atoms with Crippen LogP contribution in [0.15, 0.2) is 18.2 Å². The predicted octanol–water partition coefficient (Wildman–Crippen LogP) is 2.44. The summed E-state index contributed by atoms with van der Waals surface area (Å²) in [7, 11) is 0. The second-order valence-electron chi connectivity index (χ2n) is 5.36. The molecule has 2 aliphatic rings. The molecule has 21 heavy (non-hydrogen) atoms. The Morgan fingerprint density at radius 2 is 2.10 bits per heavy atom. The van der Waals surface area contributed by atoms with Crippen molar-refractivity contribution in [3.8, 4) is 11.5 Å². The smallest absolute Gasteiger partial charge is 0.412 e. The molecule has 1 heterocycles. The lowest BCUT2D eigenvalue weighted by Gasteiger charge is -2.22. The summed E-state index contributed by atoms with van der Waals surface area (Å²) < 4.78 is 10.5. The lowest BCUT2D eigenvalue weighted by molar-refractivity contribution is -0.118. The van der Waals surface area contributed by atoms with Gasteiger partial charge in [0.15, 0.2) is 6.61 Å². The highest BCUT2D eigenvalue weighted by Crippen LogP contribution is 2.31. The average molecular weight is 290 g/mol. The van der Waals surface area contributed by atoms with E-state index in [0.29, 0.717) is 17.2 Å². The first-order chi connectivity index (χ1) is 10.2. The fourth-order valence-electron chi connectivity index (χ4n) is 2.68. The fourth-order valence-corrected chi connectivity index (χ4v) is 2.68. The molecule has 6 nitrogen and oxygen atoms in total. The summed E-state index contributed by atoms with van der Waals surface area (Å²) in [5, 5.41) is 5.56. The van der Waals surface area contributed by atoms with Crippen LogP contribution in [0.25, 0.3) is 0 Å². The van der Waals surface area contributed by atoms with Gasteiger partial charge in [0, 0.05) is 12.1 Å². The van der Waals surface area contributed by atoms with Gasteiger partial charge in [0.1, 0.15) is 11.5 Å². The van der Waals surface area contributed by atoms with Crippen LogP contribution in [-0.4, -0.2) is 24.6 Å². The van der Waals surface area contributed by atoms with E-state index >= 15 is 0 Å². The number of fused-ring (bicyclic) bond motifs is 1. The number of benzene rings is 1. The van der Waals surface area contributed by atoms with Gasteiger partial charge >= 0.3 is 6.09 Å². The lowest BCUT2D eigenvalue weighted by Crippen LogP contribution is -2.38. The molecule has 0 spiro atoms. The summed E-state index contributed by atoms with van der Waals surface area (Å²) in [6.07, 6.45) is 5.08. The van der Waals surface area contributed by atoms with Crippen LogP contribution >= 0.6 is 0 Å². The minimum Gasteiger partial charge on any atom is -0.482 e. The predicted molar refractivity (Wildman–Crippen MR) is 76.6 cm³/mol. The number of anilines is 1. The van der Waals surface area contributed by atoms with Crippen molar-refractivity contribution < 1.29 is 19.1 Å². The van der Waals surface area contributed by atoms with Crippen molar-refractivity contribution in [1.82, 2.24) is 5.32 Å². The normalized spacial score (nSPS) is 18.2. The average Bonchev–Trinajstić information content (AvgIpc) is 2.47. The quantitative estimate of drug-likeness (QED) is 0.877. The number of ether oxygens (including phenoxy) is 2. The third-order valence-electron chi connectivity index (χ3n) is 3.72. The van der Waals surface area contributed by atoms with Crippen LogP contribution in [0, 0.1) is 0 Å². The van der Waals surface area contributed by atoms with E-state index < -0.39 is 6.09 Å². The van der Waals surface area contributed by atoms with Crippen molar-refractivity contribution in [2.75, 3.05) is 11.9 Å². The molecule has 1 aliphatic carbocycles. The third kappa shape index (κ3) is 3.45. The van der Waals surface area contributed by atoms with Gasteiger partial charge in [-0.2, -0.15) is 0 Å². The van der Waals surface area contributed by atoms with Crippen LogP contribution in [0.3, 0.4) is 0 Å². The summed E-state index contributed by atoms with van der Waals surface area (Å²) >= 11 is 0. The van der Waals surface area contributed by atoms with Crippen molar-refractivity contribution in [3.05, 3.63) is 18.2 Å². The minimum absolute atomic E-state index is 0.00930. The minimum atomic E-state index is -0.454. The third-order valence-corrected chi connectivity index (χ3v) is 3.72. The van der Waals surface area contributed by atoms with E-state index in [4.69, 9.17) is 9.47 Å². The van der Waals surface area contributed by atoms with E-state index in [1.165, 1.54) is 6.42 Å². The molecule has 0 radical (unpaired) electrons. The largest absolute Gasteiger partial charge is 0.482 e. The molecule has 2 N–H and O–H groups in total. The SMILES string of the molecule is O=C1COc2ccc(OC(=O)NC3CCCCC3)cc2N1. The van der Waals surface area contributed by atoms with E-state index in [9.17, 15) is 9.59 Å². The lowest BCUT2D eigenvalue weighted by atomic mass is 9.96. The molecule has 1 aromatic rings. The molecule has 112 valence electrons. The van der Waals surface area contributed by atoms with Crippen LogP contribution in [0.5, 0.6) is 11.5 Å². The number of hydrogen-bond donors (Lipinski definition) is 2. The van der Waals surface area contributed by atoms with Gasteiger partial charge < -0.3 is 20.1 Å². The Balaban J connectivity index is 1.60. The molecule has 1 fully saturated rings. The number of nitrogens with one attached hydrogen (secondary N) is 2. The maximum atomic E-state index is 11.9. The molecule has 3 rings (SSSR count). The monoisotopic (exact) mass is 290 g/mol. The molecule has 6 heteroatoms. The Labute approximate surface area is 122 Å². The van der Waals surface area contributed by atoms with Crippen molar-refractivity contribution in [1.29, 1.82) is 0 Å². The Kier molecular flexibility index (Phi) is 3.94. The first-order valence-electron chi connectivity index (χ1n) is 7.26. The summed E-state index contributed by atoms with van der Waals surface area (Å²) in [5.41, 5.74) is 0.522. The van der Waals surface area contributed by atoms with Gasteiger partial charge in [-0.05, 0) is 25.0 Å². The van der Waals surface area contributed by atoms with Gasteiger partial charge in [0.05, 0.1) is 5.69 Å². The number of rotatable bonds is 2. The fraction of sp³-hybridized carbons (Fsp3) is 0.467. The zero-order chi connectivity index (χ0) is 14.7. The molecular formula is C15H18N2O4. The zero-order valence-electron chi connectivity index (χ0n) is 11.7. The summed E-state index contributed by atoms with van der Waals surface area (Å²) in [4.78, 5) is 23.1. The number of carbonyl (C=O) groups excluding carboxylic acids is 2. The molecule has 0 atom stereocenters. The highest BCUT2D eigenvalue weighted by Gasteiger charge is 2.19. The maximum absolute atomic E-state index is 11.9.